The molecule has 0 aliphatic carbocycles. The second-order valence-corrected chi connectivity index (χ2v) is 11.2. The molecule has 4 rings (SSSR count). The monoisotopic (exact) mass is 530 g/mol. The van der Waals surface area contributed by atoms with Crippen LogP contribution < -0.4 is 24.8 Å². The van der Waals surface area contributed by atoms with E-state index in [2.05, 4.69) is 49.6 Å². The molecule has 1 heterocycles. The number of carbonyl (C=O) groups excluding carboxylic acids is 1. The van der Waals surface area contributed by atoms with Gasteiger partial charge in [-0.15, -0.1) is 0 Å². The van der Waals surface area contributed by atoms with Crippen molar-refractivity contribution in [2.24, 2.45) is 0 Å². The third kappa shape index (κ3) is 6.48. The number of hydrogen-bond acceptors (Lipinski definition) is 7. The van der Waals surface area contributed by atoms with Crippen LogP contribution in [0.2, 0.25) is 0 Å². The molecule has 0 unspecified atom stereocenters. The maximum Gasteiger partial charge on any atom is 0.514 e. The zero-order valence-electron chi connectivity index (χ0n) is 24.0. The average Bonchev–Trinajstić information content (AvgIpc) is 2.85. The topological polar surface area (TPSA) is 78.1 Å². The summed E-state index contributed by atoms with van der Waals surface area (Å²) in [7, 11) is 3.28. The van der Waals surface area contributed by atoms with Gasteiger partial charge in [0.05, 0.1) is 25.4 Å². The smallest absolute Gasteiger partial charge is 0.496 e. The molecule has 3 aromatic carbocycles. The van der Waals surface area contributed by atoms with E-state index in [0.717, 1.165) is 39.4 Å². The molecule has 0 saturated carbocycles. The second-order valence-electron chi connectivity index (χ2n) is 11.2. The Hall–Kier alpha value is -4.13. The first kappa shape index (κ1) is 27.9. The van der Waals surface area contributed by atoms with E-state index in [1.54, 1.807) is 47.1 Å². The van der Waals surface area contributed by atoms with Crippen LogP contribution >= 0.6 is 0 Å². The van der Waals surface area contributed by atoms with E-state index in [1.807, 2.05) is 30.3 Å². The molecule has 7 nitrogen and oxygen atoms in total. The lowest BCUT2D eigenvalue weighted by molar-refractivity contribution is 0.0206. The van der Waals surface area contributed by atoms with Crippen molar-refractivity contribution in [2.75, 3.05) is 24.9 Å². The highest BCUT2D eigenvalue weighted by atomic mass is 16.7. The van der Waals surface area contributed by atoms with E-state index in [4.69, 9.17) is 18.9 Å². The quantitative estimate of drug-likeness (QED) is 0.237. The highest BCUT2D eigenvalue weighted by Gasteiger charge is 2.27. The molecule has 0 radical (unpaired) electrons. The van der Waals surface area contributed by atoms with Gasteiger partial charge < -0.3 is 29.6 Å². The second kappa shape index (κ2) is 10.9. The molecule has 0 amide bonds. The lowest BCUT2D eigenvalue weighted by Gasteiger charge is -2.33. The number of fused-ring (bicyclic) bond motifs is 1. The Morgan fingerprint density at radius 1 is 0.949 bits per heavy atom. The lowest BCUT2D eigenvalue weighted by atomic mass is 9.85. The molecule has 1 aliphatic rings. The van der Waals surface area contributed by atoms with Gasteiger partial charge in [-0.25, -0.2) is 4.79 Å². The standard InChI is InChI=1S/C32H38N2O5/c1-20-18-32(5,6)34-26-16-15-22(24(29(20)26)19-33-25-11-9-10-12-27(25)36-7)23-14-13-21(17-28(23)37-8)38-30(35)39-31(2,3)4/h9-18,33-34H,19H2,1-8H3. The van der Waals surface area contributed by atoms with Gasteiger partial charge in [0.1, 0.15) is 22.8 Å². The van der Waals surface area contributed by atoms with Crippen LogP contribution in [0.25, 0.3) is 16.7 Å². The Morgan fingerprint density at radius 3 is 2.33 bits per heavy atom. The fourth-order valence-corrected chi connectivity index (χ4v) is 4.93. The SMILES string of the molecule is COc1ccccc1NCc1c(-c2ccc(OC(=O)OC(C)(C)C)cc2OC)ccc2c1C(C)=CC(C)(C)N2. The van der Waals surface area contributed by atoms with Crippen molar-refractivity contribution in [3.05, 3.63) is 71.8 Å². The van der Waals surface area contributed by atoms with Crippen LogP contribution in [-0.2, 0) is 11.3 Å². The summed E-state index contributed by atoms with van der Waals surface area (Å²) in [5, 5.41) is 7.22. The molecule has 39 heavy (non-hydrogen) atoms. The van der Waals surface area contributed by atoms with Crippen LogP contribution in [0.4, 0.5) is 16.2 Å². The molecule has 0 bridgehead atoms. The molecule has 1 aliphatic heterocycles. The van der Waals surface area contributed by atoms with Gasteiger partial charge in [-0.1, -0.05) is 24.3 Å². The highest BCUT2D eigenvalue weighted by molar-refractivity contribution is 5.89. The van der Waals surface area contributed by atoms with Crippen LogP contribution in [0.3, 0.4) is 0 Å². The fourth-order valence-electron chi connectivity index (χ4n) is 4.93. The number of hydrogen-bond donors (Lipinski definition) is 2. The molecule has 2 N–H and O–H groups in total. The maximum absolute atomic E-state index is 12.2. The van der Waals surface area contributed by atoms with E-state index in [-0.39, 0.29) is 5.54 Å². The molecule has 7 heteroatoms. The summed E-state index contributed by atoms with van der Waals surface area (Å²) < 4.78 is 22.1. The summed E-state index contributed by atoms with van der Waals surface area (Å²) >= 11 is 0. The Balaban J connectivity index is 1.78. The first-order chi connectivity index (χ1) is 18.4. The number of para-hydroxylation sites is 2. The highest BCUT2D eigenvalue weighted by Crippen LogP contribution is 2.43. The Morgan fingerprint density at radius 2 is 1.64 bits per heavy atom. The van der Waals surface area contributed by atoms with Gasteiger partial charge in [0.15, 0.2) is 0 Å². The predicted molar refractivity (Wildman–Crippen MR) is 157 cm³/mol. The van der Waals surface area contributed by atoms with Crippen molar-refractivity contribution in [2.45, 2.75) is 59.2 Å². The van der Waals surface area contributed by atoms with Gasteiger partial charge in [-0.05, 0) is 88.6 Å². The van der Waals surface area contributed by atoms with E-state index < -0.39 is 11.8 Å². The normalized spacial score (nSPS) is 13.9. The van der Waals surface area contributed by atoms with E-state index in [9.17, 15) is 4.79 Å². The fraction of sp³-hybridized carbons (Fsp3) is 0.344. The van der Waals surface area contributed by atoms with Crippen molar-refractivity contribution >= 4 is 23.1 Å². The molecule has 0 fully saturated rings. The zero-order valence-corrected chi connectivity index (χ0v) is 24.0. The Bertz CT molecular complexity index is 1400. The zero-order chi connectivity index (χ0) is 28.4. The minimum Gasteiger partial charge on any atom is -0.496 e. The summed E-state index contributed by atoms with van der Waals surface area (Å²) in [6.45, 7) is 12.4. The molecule has 3 aromatic rings. The van der Waals surface area contributed by atoms with E-state index in [0.29, 0.717) is 18.0 Å². The van der Waals surface area contributed by atoms with Gasteiger partial charge in [0, 0.05) is 29.4 Å². The maximum atomic E-state index is 12.2. The minimum absolute atomic E-state index is 0.162. The molecule has 0 spiro atoms. The van der Waals surface area contributed by atoms with Crippen LogP contribution in [0.15, 0.2) is 60.7 Å². The molecule has 0 atom stereocenters. The van der Waals surface area contributed by atoms with Crippen molar-refractivity contribution in [3.8, 4) is 28.4 Å². The summed E-state index contributed by atoms with van der Waals surface area (Å²) in [5.41, 5.74) is 6.49. The number of rotatable bonds is 7. The van der Waals surface area contributed by atoms with Gasteiger partial charge in [0.25, 0.3) is 0 Å². The molecular weight excluding hydrogens is 492 g/mol. The minimum atomic E-state index is -0.762. The first-order valence-electron chi connectivity index (χ1n) is 13.0. The number of nitrogens with one attached hydrogen (secondary N) is 2. The number of anilines is 2. The largest absolute Gasteiger partial charge is 0.514 e. The van der Waals surface area contributed by atoms with Crippen molar-refractivity contribution in [1.82, 2.24) is 0 Å². The third-order valence-electron chi connectivity index (χ3n) is 6.36. The van der Waals surface area contributed by atoms with Crippen molar-refractivity contribution < 1.29 is 23.7 Å². The van der Waals surface area contributed by atoms with Gasteiger partial charge in [-0.3, -0.25) is 0 Å². The van der Waals surface area contributed by atoms with Gasteiger partial charge in [-0.2, -0.15) is 0 Å². The summed E-state index contributed by atoms with van der Waals surface area (Å²) in [6, 6.07) is 17.5. The molecule has 0 aromatic heterocycles. The first-order valence-corrected chi connectivity index (χ1v) is 13.0. The Kier molecular flexibility index (Phi) is 7.82. The van der Waals surface area contributed by atoms with Crippen LogP contribution in [0, 0.1) is 0 Å². The summed E-state index contributed by atoms with van der Waals surface area (Å²) in [5.74, 6) is 1.70. The number of benzene rings is 3. The van der Waals surface area contributed by atoms with Crippen molar-refractivity contribution in [3.63, 3.8) is 0 Å². The van der Waals surface area contributed by atoms with Gasteiger partial charge >= 0.3 is 6.16 Å². The number of ether oxygens (including phenoxy) is 4. The van der Waals surface area contributed by atoms with E-state index in [1.165, 1.54) is 5.57 Å². The Labute approximate surface area is 231 Å². The predicted octanol–water partition coefficient (Wildman–Crippen LogP) is 7.90. The summed E-state index contributed by atoms with van der Waals surface area (Å²) in [4.78, 5) is 12.2. The van der Waals surface area contributed by atoms with Crippen LogP contribution in [-0.4, -0.2) is 31.5 Å². The molecule has 206 valence electrons. The molecular formula is C32H38N2O5. The van der Waals surface area contributed by atoms with Gasteiger partial charge in [0.2, 0.25) is 0 Å². The van der Waals surface area contributed by atoms with Crippen LogP contribution in [0.1, 0.15) is 52.7 Å². The summed E-state index contributed by atoms with van der Waals surface area (Å²) in [6.07, 6.45) is 1.49. The van der Waals surface area contributed by atoms with Crippen molar-refractivity contribution in [1.29, 1.82) is 0 Å². The number of allylic oxidation sites excluding steroid dienone is 1. The number of methoxy groups -OCH3 is 2. The third-order valence-corrected chi connectivity index (χ3v) is 6.36. The van der Waals surface area contributed by atoms with E-state index >= 15 is 0 Å². The molecule has 0 saturated heterocycles. The average molecular weight is 531 g/mol. The lowest BCUT2D eigenvalue weighted by Crippen LogP contribution is -2.32. The van der Waals surface area contributed by atoms with Crippen LogP contribution in [0.5, 0.6) is 17.2 Å². The number of carbonyl (C=O) groups is 1.